The molecule has 110 valence electrons. The molecule has 1 aromatic carbocycles. The fourth-order valence-corrected chi connectivity index (χ4v) is 3.28. The second-order valence-corrected chi connectivity index (χ2v) is 6.14. The first-order chi connectivity index (χ1) is 9.70. The Morgan fingerprint density at radius 2 is 2.15 bits per heavy atom. The second-order valence-electron chi connectivity index (χ2n) is 5.61. The highest BCUT2D eigenvalue weighted by Gasteiger charge is 2.26. The largest absolute Gasteiger partial charge is 0.396 e. The van der Waals surface area contributed by atoms with E-state index in [1.165, 1.54) is 18.4 Å². The predicted octanol–water partition coefficient (Wildman–Crippen LogP) is 2.50. The highest BCUT2D eigenvalue weighted by Crippen LogP contribution is 2.30. The van der Waals surface area contributed by atoms with Gasteiger partial charge < -0.3 is 10.8 Å². The number of nitrogens with zero attached hydrogens (tertiary/aromatic N) is 1. The number of aliphatic hydroxyl groups excluding tert-OH is 1. The summed E-state index contributed by atoms with van der Waals surface area (Å²) in [7, 11) is 0. The summed E-state index contributed by atoms with van der Waals surface area (Å²) in [6.45, 7) is 2.40. The van der Waals surface area contributed by atoms with Gasteiger partial charge in [0.05, 0.1) is 4.99 Å². The van der Waals surface area contributed by atoms with Gasteiger partial charge in [0.2, 0.25) is 0 Å². The number of piperidine rings is 1. The third-order valence-electron chi connectivity index (χ3n) is 4.11. The van der Waals surface area contributed by atoms with Crippen LogP contribution < -0.4 is 5.73 Å². The summed E-state index contributed by atoms with van der Waals surface area (Å²) in [5, 5.41) is 9.15. The van der Waals surface area contributed by atoms with Crippen molar-refractivity contribution in [3.05, 3.63) is 35.9 Å². The van der Waals surface area contributed by atoms with E-state index in [0.717, 1.165) is 25.9 Å². The average Bonchev–Trinajstić information content (AvgIpc) is 2.46. The molecule has 1 fully saturated rings. The first-order valence-corrected chi connectivity index (χ1v) is 7.79. The van der Waals surface area contributed by atoms with Gasteiger partial charge in [-0.1, -0.05) is 42.5 Å². The van der Waals surface area contributed by atoms with Crippen LogP contribution in [0.5, 0.6) is 0 Å². The molecule has 0 bridgehead atoms. The maximum atomic E-state index is 9.15. The van der Waals surface area contributed by atoms with Crippen molar-refractivity contribution >= 4 is 17.2 Å². The van der Waals surface area contributed by atoms with E-state index in [4.69, 9.17) is 23.1 Å². The molecule has 0 saturated carbocycles. The first-order valence-electron chi connectivity index (χ1n) is 7.39. The van der Waals surface area contributed by atoms with E-state index in [9.17, 15) is 0 Å². The second kappa shape index (κ2) is 7.72. The molecule has 1 aromatic rings. The summed E-state index contributed by atoms with van der Waals surface area (Å²) < 4.78 is 0. The minimum Gasteiger partial charge on any atom is -0.396 e. The van der Waals surface area contributed by atoms with E-state index in [0.29, 0.717) is 10.9 Å². The third kappa shape index (κ3) is 4.27. The molecule has 4 heteroatoms. The highest BCUT2D eigenvalue weighted by molar-refractivity contribution is 7.80. The van der Waals surface area contributed by atoms with Gasteiger partial charge in [0.25, 0.3) is 0 Å². The molecule has 0 radical (unpaired) electrons. The van der Waals surface area contributed by atoms with E-state index in [2.05, 4.69) is 29.2 Å². The summed E-state index contributed by atoms with van der Waals surface area (Å²) in [5.41, 5.74) is 7.08. The van der Waals surface area contributed by atoms with Crippen molar-refractivity contribution in [2.75, 3.05) is 19.7 Å². The van der Waals surface area contributed by atoms with Crippen LogP contribution in [-0.2, 0) is 0 Å². The maximum Gasteiger partial charge on any atom is 0.0746 e. The first kappa shape index (κ1) is 15.4. The van der Waals surface area contributed by atoms with Crippen LogP contribution in [0.3, 0.4) is 0 Å². The van der Waals surface area contributed by atoms with Crippen LogP contribution in [0.15, 0.2) is 30.3 Å². The molecule has 0 aliphatic carbocycles. The molecule has 0 aromatic heterocycles. The Morgan fingerprint density at radius 3 is 2.80 bits per heavy atom. The number of nitrogens with two attached hydrogens (primary N) is 1. The Labute approximate surface area is 126 Å². The number of benzene rings is 1. The average molecular weight is 292 g/mol. The van der Waals surface area contributed by atoms with Crippen molar-refractivity contribution in [1.82, 2.24) is 4.90 Å². The summed E-state index contributed by atoms with van der Waals surface area (Å²) in [5.74, 6) is 0.589. The monoisotopic (exact) mass is 292 g/mol. The lowest BCUT2D eigenvalue weighted by Gasteiger charge is -2.38. The number of hydrogen-bond donors (Lipinski definition) is 2. The molecule has 2 rings (SSSR count). The van der Waals surface area contributed by atoms with Crippen molar-refractivity contribution in [2.45, 2.75) is 31.7 Å². The van der Waals surface area contributed by atoms with Crippen molar-refractivity contribution in [3.63, 3.8) is 0 Å². The van der Waals surface area contributed by atoms with Gasteiger partial charge in [-0.3, -0.25) is 4.90 Å². The lowest BCUT2D eigenvalue weighted by atomic mass is 9.91. The van der Waals surface area contributed by atoms with Gasteiger partial charge in [0.1, 0.15) is 0 Å². The molecule has 2 unspecified atom stereocenters. The Kier molecular flexibility index (Phi) is 5.95. The molecule has 1 aliphatic heterocycles. The molecular weight excluding hydrogens is 268 g/mol. The van der Waals surface area contributed by atoms with E-state index in [1.807, 2.05) is 6.07 Å². The van der Waals surface area contributed by atoms with Gasteiger partial charge in [-0.15, -0.1) is 0 Å². The van der Waals surface area contributed by atoms with E-state index < -0.39 is 0 Å². The molecule has 0 spiro atoms. The van der Waals surface area contributed by atoms with Gasteiger partial charge >= 0.3 is 0 Å². The number of hydrogen-bond acceptors (Lipinski definition) is 3. The van der Waals surface area contributed by atoms with Crippen molar-refractivity contribution < 1.29 is 5.11 Å². The Bertz CT molecular complexity index is 422. The molecule has 20 heavy (non-hydrogen) atoms. The standard InChI is InChI=1S/C16H24N2OS/c17-16(20)11-15(14-6-2-1-3-7-14)18-9-4-5-13(12-18)8-10-19/h1-3,6-7,13,15,19H,4-5,8-12H2,(H2,17,20). The molecule has 2 atom stereocenters. The van der Waals surface area contributed by atoms with Gasteiger partial charge in [-0.2, -0.15) is 0 Å². The highest BCUT2D eigenvalue weighted by atomic mass is 32.1. The van der Waals surface area contributed by atoms with Crippen molar-refractivity contribution in [2.24, 2.45) is 11.7 Å². The van der Waals surface area contributed by atoms with Gasteiger partial charge in [-0.25, -0.2) is 0 Å². The normalized spacial score (nSPS) is 21.6. The van der Waals surface area contributed by atoms with E-state index in [1.54, 1.807) is 0 Å². The topological polar surface area (TPSA) is 49.5 Å². The summed E-state index contributed by atoms with van der Waals surface area (Å²) in [6.07, 6.45) is 4.02. The fraction of sp³-hybridized carbons (Fsp3) is 0.562. The SMILES string of the molecule is NC(=S)CC(c1ccccc1)N1CCCC(CCO)C1. The number of thiocarbonyl (C=S) groups is 1. The number of aliphatic hydroxyl groups is 1. The van der Waals surface area contributed by atoms with Crippen LogP contribution >= 0.6 is 12.2 Å². The lowest BCUT2D eigenvalue weighted by Crippen LogP contribution is -2.39. The Morgan fingerprint density at radius 1 is 1.40 bits per heavy atom. The zero-order chi connectivity index (χ0) is 14.4. The van der Waals surface area contributed by atoms with Gasteiger partial charge in [-0.05, 0) is 37.3 Å². The van der Waals surface area contributed by atoms with E-state index >= 15 is 0 Å². The lowest BCUT2D eigenvalue weighted by molar-refractivity contribution is 0.110. The van der Waals surface area contributed by atoms with Crippen molar-refractivity contribution in [1.29, 1.82) is 0 Å². The fourth-order valence-electron chi connectivity index (χ4n) is 3.12. The number of rotatable bonds is 6. The zero-order valence-corrected chi connectivity index (χ0v) is 12.7. The molecule has 3 nitrogen and oxygen atoms in total. The van der Waals surface area contributed by atoms with Crippen molar-refractivity contribution in [3.8, 4) is 0 Å². The Balaban J connectivity index is 2.12. The molecule has 1 saturated heterocycles. The summed E-state index contributed by atoms with van der Waals surface area (Å²) >= 11 is 5.13. The molecule has 0 amide bonds. The van der Waals surface area contributed by atoms with E-state index in [-0.39, 0.29) is 12.6 Å². The van der Waals surface area contributed by atoms with Crippen LogP contribution in [0, 0.1) is 5.92 Å². The molecular formula is C16H24N2OS. The van der Waals surface area contributed by atoms with Crippen LogP contribution in [0.2, 0.25) is 0 Å². The molecule has 1 aliphatic rings. The zero-order valence-electron chi connectivity index (χ0n) is 11.9. The maximum absolute atomic E-state index is 9.15. The van der Waals surface area contributed by atoms with Crippen LogP contribution in [0.1, 0.15) is 37.3 Å². The minimum atomic E-state index is 0.273. The van der Waals surface area contributed by atoms with Crippen LogP contribution in [-0.4, -0.2) is 34.7 Å². The summed E-state index contributed by atoms with van der Waals surface area (Å²) in [4.78, 5) is 3.06. The molecule has 3 N–H and O–H groups in total. The Hall–Kier alpha value is -0.970. The van der Waals surface area contributed by atoms with Crippen LogP contribution in [0.4, 0.5) is 0 Å². The minimum absolute atomic E-state index is 0.273. The van der Waals surface area contributed by atoms with Gasteiger partial charge in [0, 0.05) is 25.6 Å². The number of likely N-dealkylation sites (tertiary alicyclic amines) is 1. The summed E-state index contributed by atoms with van der Waals surface area (Å²) in [6, 6.07) is 10.7. The third-order valence-corrected chi connectivity index (χ3v) is 4.27. The smallest absolute Gasteiger partial charge is 0.0746 e. The van der Waals surface area contributed by atoms with Crippen LogP contribution in [0.25, 0.3) is 0 Å². The van der Waals surface area contributed by atoms with Gasteiger partial charge in [0.15, 0.2) is 0 Å². The predicted molar refractivity (Wildman–Crippen MR) is 86.6 cm³/mol. The quantitative estimate of drug-likeness (QED) is 0.791. The molecule has 1 heterocycles.